The van der Waals surface area contributed by atoms with Crippen LogP contribution < -0.4 is 5.32 Å². The molecule has 1 saturated heterocycles. The van der Waals surface area contributed by atoms with Gasteiger partial charge in [-0.05, 0) is 29.7 Å². The third-order valence-corrected chi connectivity index (χ3v) is 8.52. The summed E-state index contributed by atoms with van der Waals surface area (Å²) in [6.45, 7) is 0.610. The fourth-order valence-corrected chi connectivity index (χ4v) is 5.82. The lowest BCUT2D eigenvalue weighted by molar-refractivity contribution is -0.147. The van der Waals surface area contributed by atoms with Crippen molar-refractivity contribution in [2.45, 2.75) is 30.6 Å². The molecule has 2 amide bonds. The highest BCUT2D eigenvalue weighted by molar-refractivity contribution is 7.92. The summed E-state index contributed by atoms with van der Waals surface area (Å²) in [5.74, 6) is -6.14. The van der Waals surface area contributed by atoms with E-state index in [0.717, 1.165) is 4.90 Å². The fraction of sp³-hybridized carbons (Fsp3) is 0.348. The molecule has 0 bridgehead atoms. The monoisotopic (exact) mass is 492 g/mol. The van der Waals surface area contributed by atoms with Gasteiger partial charge >= 0.3 is 5.97 Å². The highest BCUT2D eigenvalue weighted by Crippen LogP contribution is 2.50. The second-order valence-electron chi connectivity index (χ2n) is 8.27. The van der Waals surface area contributed by atoms with Crippen LogP contribution in [0.2, 0.25) is 0 Å². The molecular weight excluding hydrogens is 470 g/mol. The number of likely N-dealkylation sites (tertiary alicyclic amines) is 1. The number of fused-ring (bicyclic) bond motifs is 3. The quantitative estimate of drug-likeness (QED) is 0.637. The number of hydrogen-bond acceptors (Lipinski definition) is 5. The number of nitrogens with zero attached hydrogens (tertiary/aromatic N) is 1. The van der Waals surface area contributed by atoms with Gasteiger partial charge in [-0.15, -0.1) is 0 Å². The smallest absolute Gasteiger partial charge is 0.326 e. The zero-order valence-electron chi connectivity index (χ0n) is 18.1. The lowest BCUT2D eigenvalue weighted by Crippen LogP contribution is -2.45. The number of carbonyl (C=O) groups is 3. The van der Waals surface area contributed by atoms with Gasteiger partial charge in [0.05, 0.1) is 11.8 Å². The molecule has 11 heteroatoms. The topological polar surface area (TPSA) is 121 Å². The minimum absolute atomic E-state index is 0.0571. The van der Waals surface area contributed by atoms with E-state index in [2.05, 4.69) is 5.32 Å². The minimum Gasteiger partial charge on any atom is -0.480 e. The van der Waals surface area contributed by atoms with Crippen LogP contribution in [0.5, 0.6) is 0 Å². The SMILES string of the molecule is CCS(=O)(=O)[C@@H]1C[C@@H](C(=O)O)N(C(=O)CNC(=O)c2ccc3c(c2)-c2ccccc2C3(F)F)C1. The van der Waals surface area contributed by atoms with Crippen molar-refractivity contribution in [3.8, 4) is 11.1 Å². The largest absolute Gasteiger partial charge is 0.480 e. The van der Waals surface area contributed by atoms with E-state index in [0.29, 0.717) is 5.56 Å². The Bertz CT molecular complexity index is 1290. The third-order valence-electron chi connectivity index (χ3n) is 6.35. The molecule has 2 atom stereocenters. The van der Waals surface area contributed by atoms with Gasteiger partial charge < -0.3 is 15.3 Å². The van der Waals surface area contributed by atoms with Crippen molar-refractivity contribution in [2.24, 2.45) is 0 Å². The number of carbonyl (C=O) groups excluding carboxylic acids is 2. The second-order valence-corrected chi connectivity index (χ2v) is 10.8. The zero-order valence-corrected chi connectivity index (χ0v) is 18.9. The molecule has 1 aliphatic carbocycles. The lowest BCUT2D eigenvalue weighted by Gasteiger charge is -2.21. The average molecular weight is 493 g/mol. The van der Waals surface area contributed by atoms with Gasteiger partial charge in [-0.25, -0.2) is 13.2 Å². The molecule has 1 heterocycles. The molecule has 0 spiro atoms. The first-order valence-electron chi connectivity index (χ1n) is 10.6. The Morgan fingerprint density at radius 3 is 2.47 bits per heavy atom. The Balaban J connectivity index is 1.49. The fourth-order valence-electron chi connectivity index (χ4n) is 4.48. The lowest BCUT2D eigenvalue weighted by atomic mass is 10.0. The zero-order chi connectivity index (χ0) is 24.8. The first-order valence-corrected chi connectivity index (χ1v) is 12.3. The highest BCUT2D eigenvalue weighted by Gasteiger charge is 2.45. The van der Waals surface area contributed by atoms with E-state index < -0.39 is 51.4 Å². The van der Waals surface area contributed by atoms with Crippen molar-refractivity contribution in [3.05, 3.63) is 59.2 Å². The standard InChI is InChI=1S/C23H22F2N2O6S/c1-2-34(32,33)14-10-19(22(30)31)27(12-14)20(28)11-26-21(29)13-7-8-18-16(9-13)15-5-3-4-6-17(15)23(18,24)25/h3-9,14,19H,2,10-12H2,1H3,(H,26,29)(H,30,31)/t14-,19+/m1/s1. The highest BCUT2D eigenvalue weighted by atomic mass is 32.2. The van der Waals surface area contributed by atoms with E-state index in [9.17, 15) is 36.7 Å². The summed E-state index contributed by atoms with van der Waals surface area (Å²) < 4.78 is 53.7. The summed E-state index contributed by atoms with van der Waals surface area (Å²) in [5, 5.41) is 10.8. The first kappa shape index (κ1) is 23.8. The Labute approximate surface area is 194 Å². The summed E-state index contributed by atoms with van der Waals surface area (Å²) >= 11 is 0. The van der Waals surface area contributed by atoms with Crippen LogP contribution in [0.25, 0.3) is 11.1 Å². The molecule has 2 N–H and O–H groups in total. The number of carboxylic acid groups (broad SMARTS) is 1. The van der Waals surface area contributed by atoms with Gasteiger partial charge in [0, 0.05) is 29.0 Å². The molecule has 0 radical (unpaired) electrons. The molecule has 0 unspecified atom stereocenters. The molecule has 34 heavy (non-hydrogen) atoms. The van der Waals surface area contributed by atoms with Gasteiger partial charge in [-0.2, -0.15) is 8.78 Å². The maximum Gasteiger partial charge on any atom is 0.326 e. The summed E-state index contributed by atoms with van der Waals surface area (Å²) in [6, 6.07) is 8.43. The number of benzene rings is 2. The van der Waals surface area contributed by atoms with Crippen LogP contribution >= 0.6 is 0 Å². The van der Waals surface area contributed by atoms with Crippen molar-refractivity contribution in [3.63, 3.8) is 0 Å². The van der Waals surface area contributed by atoms with Crippen molar-refractivity contribution in [2.75, 3.05) is 18.8 Å². The maximum atomic E-state index is 14.7. The normalized spacial score (nSPS) is 20.5. The number of aliphatic carboxylic acids is 1. The van der Waals surface area contributed by atoms with E-state index in [1.54, 1.807) is 12.1 Å². The van der Waals surface area contributed by atoms with Gasteiger partial charge in [0.15, 0.2) is 9.84 Å². The van der Waals surface area contributed by atoms with E-state index in [-0.39, 0.29) is 41.0 Å². The molecule has 8 nitrogen and oxygen atoms in total. The van der Waals surface area contributed by atoms with E-state index in [1.807, 2.05) is 0 Å². The van der Waals surface area contributed by atoms with E-state index in [1.165, 1.54) is 37.3 Å². The average Bonchev–Trinajstić information content (AvgIpc) is 3.37. The maximum absolute atomic E-state index is 14.7. The molecule has 2 aromatic rings. The summed E-state index contributed by atoms with van der Waals surface area (Å²) in [6.07, 6.45) is -0.219. The molecule has 2 aromatic carbocycles. The van der Waals surface area contributed by atoms with Crippen molar-refractivity contribution >= 4 is 27.6 Å². The van der Waals surface area contributed by atoms with Crippen molar-refractivity contribution in [1.82, 2.24) is 10.2 Å². The van der Waals surface area contributed by atoms with Gasteiger partial charge in [-0.3, -0.25) is 9.59 Å². The van der Waals surface area contributed by atoms with Crippen LogP contribution in [0.15, 0.2) is 42.5 Å². The Morgan fingerprint density at radius 2 is 1.79 bits per heavy atom. The van der Waals surface area contributed by atoms with Gasteiger partial charge in [0.2, 0.25) is 5.91 Å². The van der Waals surface area contributed by atoms with Crippen molar-refractivity contribution < 1.29 is 36.7 Å². The van der Waals surface area contributed by atoms with Gasteiger partial charge in [0.1, 0.15) is 6.04 Å². The number of amides is 2. The van der Waals surface area contributed by atoms with Crippen LogP contribution in [0.1, 0.15) is 34.8 Å². The molecule has 2 aliphatic rings. The van der Waals surface area contributed by atoms with E-state index >= 15 is 0 Å². The van der Waals surface area contributed by atoms with Crippen LogP contribution in [-0.2, 0) is 25.3 Å². The number of halogens is 2. The number of hydrogen-bond donors (Lipinski definition) is 2. The third kappa shape index (κ3) is 3.93. The molecule has 4 rings (SSSR count). The van der Waals surface area contributed by atoms with Crippen molar-refractivity contribution in [1.29, 1.82) is 0 Å². The minimum atomic E-state index is -3.55. The summed E-state index contributed by atoms with van der Waals surface area (Å²) in [5.41, 5.74) is 0.228. The number of nitrogens with one attached hydrogen (secondary N) is 1. The van der Waals surface area contributed by atoms with Gasteiger partial charge in [0.25, 0.3) is 11.8 Å². The predicted octanol–water partition coefficient (Wildman–Crippen LogP) is 2.03. The Kier molecular flexibility index (Phi) is 5.92. The van der Waals surface area contributed by atoms with Crippen LogP contribution in [0.3, 0.4) is 0 Å². The Morgan fingerprint density at radius 1 is 1.12 bits per heavy atom. The van der Waals surface area contributed by atoms with Crippen LogP contribution in [-0.4, -0.2) is 66.3 Å². The molecule has 0 saturated carbocycles. The molecular formula is C23H22F2N2O6S. The molecule has 180 valence electrons. The molecule has 1 aliphatic heterocycles. The number of rotatable bonds is 6. The summed E-state index contributed by atoms with van der Waals surface area (Å²) in [4.78, 5) is 37.8. The Hall–Kier alpha value is -3.34. The number of sulfone groups is 1. The van der Waals surface area contributed by atoms with Gasteiger partial charge in [-0.1, -0.05) is 37.3 Å². The number of alkyl halides is 2. The number of carboxylic acids is 1. The van der Waals surface area contributed by atoms with Crippen LogP contribution in [0.4, 0.5) is 8.78 Å². The van der Waals surface area contributed by atoms with Crippen LogP contribution in [0, 0.1) is 0 Å². The van der Waals surface area contributed by atoms with E-state index in [4.69, 9.17) is 0 Å². The summed E-state index contributed by atoms with van der Waals surface area (Å²) in [7, 11) is -3.55. The molecule has 0 aromatic heterocycles. The molecule has 1 fully saturated rings. The predicted molar refractivity (Wildman–Crippen MR) is 118 cm³/mol. The second kappa shape index (κ2) is 8.46. The first-order chi connectivity index (χ1) is 16.0.